The van der Waals surface area contributed by atoms with Crippen LogP contribution >= 0.6 is 11.3 Å². The molecule has 0 spiro atoms. The zero-order valence-corrected chi connectivity index (χ0v) is 13.5. The molecule has 0 radical (unpaired) electrons. The summed E-state index contributed by atoms with van der Waals surface area (Å²) in [6.45, 7) is 0.559. The molecule has 0 bridgehead atoms. The van der Waals surface area contributed by atoms with E-state index in [4.69, 9.17) is 4.52 Å². The van der Waals surface area contributed by atoms with Crippen LogP contribution in [0.2, 0.25) is 0 Å². The van der Waals surface area contributed by atoms with Gasteiger partial charge in [0.2, 0.25) is 5.91 Å². The first-order valence-corrected chi connectivity index (χ1v) is 8.53. The third-order valence-corrected chi connectivity index (χ3v) is 4.55. The zero-order chi connectivity index (χ0) is 16.4. The molecule has 24 heavy (non-hydrogen) atoms. The number of nitrogens with zero attached hydrogens (tertiary/aromatic N) is 3. The van der Waals surface area contributed by atoms with E-state index < -0.39 is 0 Å². The zero-order valence-electron chi connectivity index (χ0n) is 12.7. The maximum absolute atomic E-state index is 11.2. The number of thiazole rings is 1. The summed E-state index contributed by atoms with van der Waals surface area (Å²) >= 11 is 1.53. The molecule has 3 aromatic rings. The van der Waals surface area contributed by atoms with Gasteiger partial charge in [-0.05, 0) is 24.6 Å². The molecule has 8 heteroatoms. The molecule has 1 saturated heterocycles. The Balaban J connectivity index is 1.53. The topological polar surface area (TPSA) is 92.9 Å². The molecule has 0 aliphatic carbocycles. The van der Waals surface area contributed by atoms with Gasteiger partial charge in [0.15, 0.2) is 11.0 Å². The summed E-state index contributed by atoms with van der Waals surface area (Å²) < 4.78 is 5.41. The minimum absolute atomic E-state index is 0.0796. The molecule has 1 amide bonds. The first kappa shape index (κ1) is 14.8. The van der Waals surface area contributed by atoms with Crippen molar-refractivity contribution in [2.75, 3.05) is 11.9 Å². The van der Waals surface area contributed by atoms with Crippen molar-refractivity contribution in [2.24, 2.45) is 0 Å². The summed E-state index contributed by atoms with van der Waals surface area (Å²) in [6.07, 6.45) is 3.00. The highest BCUT2D eigenvalue weighted by Gasteiger charge is 2.24. The number of carbonyl (C=O) groups excluding carboxylic acids is 1. The van der Waals surface area contributed by atoms with Crippen LogP contribution in [0.15, 0.2) is 40.4 Å². The Bertz CT molecular complexity index is 836. The molecule has 1 fully saturated rings. The number of piperidine rings is 1. The van der Waals surface area contributed by atoms with Gasteiger partial charge < -0.3 is 15.2 Å². The Hall–Kier alpha value is -2.74. The average molecular weight is 341 g/mol. The molecule has 4 rings (SSSR count). The van der Waals surface area contributed by atoms with Crippen molar-refractivity contribution in [2.45, 2.75) is 18.8 Å². The summed E-state index contributed by atoms with van der Waals surface area (Å²) in [4.78, 5) is 20.0. The highest BCUT2D eigenvalue weighted by Crippen LogP contribution is 2.27. The Morgan fingerprint density at radius 2 is 2.33 bits per heavy atom. The third-order valence-electron chi connectivity index (χ3n) is 3.87. The normalized spacial score (nSPS) is 17.5. The van der Waals surface area contributed by atoms with Gasteiger partial charge in [0.05, 0.1) is 0 Å². The van der Waals surface area contributed by atoms with Gasteiger partial charge in [0.25, 0.3) is 5.89 Å². The van der Waals surface area contributed by atoms with Crippen molar-refractivity contribution in [1.82, 2.24) is 20.4 Å². The number of nitrogens with one attached hydrogen (secondary N) is 2. The molecule has 1 atom stereocenters. The second-order valence-electron chi connectivity index (χ2n) is 5.54. The Kier molecular flexibility index (Phi) is 3.96. The van der Waals surface area contributed by atoms with E-state index in [9.17, 15) is 4.79 Å². The summed E-state index contributed by atoms with van der Waals surface area (Å²) in [5.41, 5.74) is 1.75. The summed E-state index contributed by atoms with van der Waals surface area (Å²) in [5, 5.41) is 12.9. The van der Waals surface area contributed by atoms with Crippen molar-refractivity contribution in [3.63, 3.8) is 0 Å². The van der Waals surface area contributed by atoms with Crippen LogP contribution in [-0.4, -0.2) is 27.6 Å². The van der Waals surface area contributed by atoms with Crippen LogP contribution in [0.1, 0.15) is 24.6 Å². The maximum atomic E-state index is 11.2. The van der Waals surface area contributed by atoms with Crippen molar-refractivity contribution >= 4 is 28.1 Å². The van der Waals surface area contributed by atoms with Crippen LogP contribution in [0.4, 0.5) is 10.8 Å². The molecule has 1 aliphatic heterocycles. The van der Waals surface area contributed by atoms with Crippen molar-refractivity contribution in [3.05, 3.63) is 41.7 Å². The Labute approximate surface area is 142 Å². The standard InChI is InChI=1S/C16H15N5O2S/c22-13-5-4-11(9-18-13)14-20-15(23-21-14)10-2-1-3-12(8-10)19-16-17-6-7-24-16/h1-3,6-8,11H,4-5,9H2,(H,17,19)(H,18,22). The summed E-state index contributed by atoms with van der Waals surface area (Å²) in [5.74, 6) is 1.31. The molecule has 3 heterocycles. The lowest BCUT2D eigenvalue weighted by Crippen LogP contribution is -2.34. The molecular weight excluding hydrogens is 326 g/mol. The number of aromatic nitrogens is 3. The van der Waals surface area contributed by atoms with Gasteiger partial charge in [-0.15, -0.1) is 11.3 Å². The van der Waals surface area contributed by atoms with E-state index >= 15 is 0 Å². The van der Waals surface area contributed by atoms with E-state index in [1.165, 1.54) is 11.3 Å². The molecule has 1 aromatic carbocycles. The predicted molar refractivity (Wildman–Crippen MR) is 90.1 cm³/mol. The summed E-state index contributed by atoms with van der Waals surface area (Å²) in [7, 11) is 0. The van der Waals surface area contributed by atoms with Gasteiger partial charge in [-0.1, -0.05) is 11.2 Å². The number of hydrogen-bond acceptors (Lipinski definition) is 7. The lowest BCUT2D eigenvalue weighted by Gasteiger charge is -2.18. The first-order valence-electron chi connectivity index (χ1n) is 7.65. The number of benzene rings is 1. The van der Waals surface area contributed by atoms with Crippen molar-refractivity contribution in [3.8, 4) is 11.5 Å². The van der Waals surface area contributed by atoms with E-state index in [-0.39, 0.29) is 11.8 Å². The highest BCUT2D eigenvalue weighted by atomic mass is 32.1. The van der Waals surface area contributed by atoms with E-state index in [1.807, 2.05) is 29.6 Å². The quantitative estimate of drug-likeness (QED) is 0.758. The molecule has 2 aromatic heterocycles. The molecule has 0 saturated carbocycles. The van der Waals surface area contributed by atoms with E-state index in [1.54, 1.807) is 6.20 Å². The average Bonchev–Trinajstić information content (AvgIpc) is 3.28. The number of carbonyl (C=O) groups is 1. The van der Waals surface area contributed by atoms with E-state index in [2.05, 4.69) is 25.8 Å². The van der Waals surface area contributed by atoms with Gasteiger partial charge in [-0.2, -0.15) is 4.98 Å². The van der Waals surface area contributed by atoms with Crippen LogP contribution in [0, 0.1) is 0 Å². The second kappa shape index (κ2) is 6.40. The van der Waals surface area contributed by atoms with Crippen molar-refractivity contribution in [1.29, 1.82) is 0 Å². The van der Waals surface area contributed by atoms with Crippen LogP contribution < -0.4 is 10.6 Å². The van der Waals surface area contributed by atoms with Gasteiger partial charge in [-0.3, -0.25) is 4.79 Å². The van der Waals surface area contributed by atoms with Crippen LogP contribution in [-0.2, 0) is 4.79 Å². The minimum Gasteiger partial charge on any atom is -0.355 e. The maximum Gasteiger partial charge on any atom is 0.258 e. The smallest absolute Gasteiger partial charge is 0.258 e. The lowest BCUT2D eigenvalue weighted by molar-refractivity contribution is -0.122. The number of hydrogen-bond donors (Lipinski definition) is 2. The van der Waals surface area contributed by atoms with Gasteiger partial charge >= 0.3 is 0 Å². The SMILES string of the molecule is O=C1CCC(c2noc(-c3cccc(Nc4nccs4)c3)n2)CN1. The fourth-order valence-electron chi connectivity index (χ4n) is 2.61. The Morgan fingerprint density at radius 1 is 1.38 bits per heavy atom. The second-order valence-corrected chi connectivity index (χ2v) is 6.44. The Morgan fingerprint density at radius 3 is 3.12 bits per heavy atom. The van der Waals surface area contributed by atoms with Crippen LogP contribution in [0.3, 0.4) is 0 Å². The number of rotatable bonds is 4. The monoisotopic (exact) mass is 341 g/mol. The molecule has 1 aliphatic rings. The summed E-state index contributed by atoms with van der Waals surface area (Å²) in [6, 6.07) is 7.75. The number of amides is 1. The van der Waals surface area contributed by atoms with E-state index in [0.29, 0.717) is 24.7 Å². The molecule has 2 N–H and O–H groups in total. The molecule has 1 unspecified atom stereocenters. The largest absolute Gasteiger partial charge is 0.355 e. The number of anilines is 2. The third kappa shape index (κ3) is 3.13. The van der Waals surface area contributed by atoms with Gasteiger partial charge in [0.1, 0.15) is 0 Å². The first-order chi connectivity index (χ1) is 11.8. The predicted octanol–water partition coefficient (Wildman–Crippen LogP) is 2.93. The van der Waals surface area contributed by atoms with Crippen LogP contribution in [0.25, 0.3) is 11.5 Å². The van der Waals surface area contributed by atoms with Gasteiger partial charge in [0, 0.05) is 41.7 Å². The van der Waals surface area contributed by atoms with Gasteiger partial charge in [-0.25, -0.2) is 4.98 Å². The van der Waals surface area contributed by atoms with E-state index in [0.717, 1.165) is 22.8 Å². The van der Waals surface area contributed by atoms with Crippen LogP contribution in [0.5, 0.6) is 0 Å². The lowest BCUT2D eigenvalue weighted by atomic mass is 9.99. The minimum atomic E-state index is 0.0796. The fourth-order valence-corrected chi connectivity index (χ4v) is 3.16. The highest BCUT2D eigenvalue weighted by molar-refractivity contribution is 7.13. The van der Waals surface area contributed by atoms with Crippen molar-refractivity contribution < 1.29 is 9.32 Å². The molecular formula is C16H15N5O2S. The molecule has 122 valence electrons. The molecule has 7 nitrogen and oxygen atoms in total. The fraction of sp³-hybridized carbons (Fsp3) is 0.250.